The van der Waals surface area contributed by atoms with Crippen molar-refractivity contribution in [3.63, 3.8) is 0 Å². The van der Waals surface area contributed by atoms with Gasteiger partial charge >= 0.3 is 6.09 Å². The predicted molar refractivity (Wildman–Crippen MR) is 160 cm³/mol. The number of carbonyl (C=O) groups excluding carboxylic acids is 3. The first kappa shape index (κ1) is 34.6. The van der Waals surface area contributed by atoms with E-state index in [0.717, 1.165) is 0 Å². The van der Waals surface area contributed by atoms with Crippen molar-refractivity contribution >= 4 is 34.6 Å². The Morgan fingerprint density at radius 2 is 1.93 bits per heavy atom. The fraction of sp³-hybridized carbons (Fsp3) is 0.448. The Morgan fingerprint density at radius 3 is 2.53 bits per heavy atom. The summed E-state index contributed by atoms with van der Waals surface area (Å²) in [5.74, 6) is -0.266. The molecule has 0 saturated carbocycles. The van der Waals surface area contributed by atoms with Gasteiger partial charge in [0.25, 0.3) is 5.56 Å². The first-order chi connectivity index (χ1) is 20.4. The number of ether oxygens (including phenoxy) is 2. The summed E-state index contributed by atoms with van der Waals surface area (Å²) in [4.78, 5) is 60.0. The number of hydrogen-bond donors (Lipinski definition) is 3. The lowest BCUT2D eigenvalue weighted by atomic mass is 10.1. The maximum atomic E-state index is 14.5. The zero-order valence-corrected chi connectivity index (χ0v) is 25.4. The minimum Gasteiger partial charge on any atom is -0.453 e. The third-order valence-corrected chi connectivity index (χ3v) is 6.02. The normalized spacial score (nSPS) is 11.0. The van der Waals surface area contributed by atoms with Crippen molar-refractivity contribution in [3.05, 3.63) is 63.9 Å². The van der Waals surface area contributed by atoms with Crippen LogP contribution in [0, 0.1) is 11.7 Å². The van der Waals surface area contributed by atoms with Gasteiger partial charge in [0.15, 0.2) is 5.82 Å². The minimum absolute atomic E-state index is 0.0289. The lowest BCUT2D eigenvalue weighted by Crippen LogP contribution is -2.29. The number of hydrogen-bond acceptors (Lipinski definition) is 8. The Morgan fingerprint density at radius 1 is 1.23 bits per heavy atom. The van der Waals surface area contributed by atoms with E-state index in [4.69, 9.17) is 4.74 Å². The second kappa shape index (κ2) is 16.8. The third-order valence-electron chi connectivity index (χ3n) is 6.02. The number of carbonyl (C=O) groups is 3. The number of nitrogens with two attached hydrogens (primary N) is 1. The molecule has 0 aliphatic heterocycles. The molecule has 0 atom stereocenters. The SMILES string of the molecule is COC(N)=O.COCc1ccc(NC(=O)CCC/C=C/C(=O)N(C)C)c(=O)n1Cc1nc2c(F)cnc(CC(C)C)c2[nH]1. The topological polar surface area (TPSA) is 175 Å². The standard InChI is InChI=1S/C27H35FN6O4.C2H5NO2/c1-17(2)13-21-26-25(19(28)14-29-21)31-22(32-26)15-34-18(16-38-5)11-12-20(27(34)37)30-23(35)9-7-6-8-10-24(36)33(3)4;1-5-2(3)4/h8,10-12,14,17H,6-7,9,13,15-16H2,1-5H3,(H,30,35)(H,31,32);1H3,(H2,3,4)/b10-8+;. The van der Waals surface area contributed by atoms with Gasteiger partial charge in [0.05, 0.1) is 37.7 Å². The molecule has 0 unspecified atom stereocenters. The molecule has 14 heteroatoms. The monoisotopic (exact) mass is 601 g/mol. The fourth-order valence-electron chi connectivity index (χ4n) is 3.92. The Kier molecular flexibility index (Phi) is 13.5. The molecule has 13 nitrogen and oxygen atoms in total. The Balaban J connectivity index is 0.00000119. The van der Waals surface area contributed by atoms with Crippen LogP contribution >= 0.6 is 0 Å². The number of allylic oxidation sites excluding steroid dienone is 1. The number of rotatable bonds is 12. The van der Waals surface area contributed by atoms with Crippen LogP contribution in [-0.2, 0) is 38.6 Å². The van der Waals surface area contributed by atoms with E-state index in [1.165, 1.54) is 36.0 Å². The molecule has 3 rings (SSSR count). The smallest absolute Gasteiger partial charge is 0.404 e. The van der Waals surface area contributed by atoms with Gasteiger partial charge in [-0.3, -0.25) is 19.4 Å². The molecule has 3 aromatic rings. The molecule has 0 aliphatic rings. The second-order valence-electron chi connectivity index (χ2n) is 10.2. The van der Waals surface area contributed by atoms with E-state index in [1.54, 1.807) is 32.3 Å². The van der Waals surface area contributed by atoms with E-state index in [1.807, 2.05) is 13.8 Å². The lowest BCUT2D eigenvalue weighted by Gasteiger charge is -2.14. The van der Waals surface area contributed by atoms with Gasteiger partial charge in [-0.1, -0.05) is 19.9 Å². The average molecular weight is 602 g/mol. The number of nitrogens with zero attached hydrogens (tertiary/aromatic N) is 4. The summed E-state index contributed by atoms with van der Waals surface area (Å²) < 4.78 is 25.0. The average Bonchev–Trinajstić information content (AvgIpc) is 3.38. The molecular formula is C29H40FN7O6. The summed E-state index contributed by atoms with van der Waals surface area (Å²) in [5, 5.41) is 2.68. The van der Waals surface area contributed by atoms with E-state index in [-0.39, 0.29) is 42.6 Å². The number of imidazole rings is 1. The van der Waals surface area contributed by atoms with Crippen molar-refractivity contribution in [2.45, 2.75) is 52.7 Å². The molecule has 0 bridgehead atoms. The summed E-state index contributed by atoms with van der Waals surface area (Å²) in [6, 6.07) is 3.24. The molecule has 0 aromatic carbocycles. The van der Waals surface area contributed by atoms with Crippen LogP contribution in [-0.4, -0.2) is 70.6 Å². The highest BCUT2D eigenvalue weighted by molar-refractivity contribution is 5.90. The van der Waals surface area contributed by atoms with Crippen molar-refractivity contribution in [3.8, 4) is 0 Å². The van der Waals surface area contributed by atoms with Gasteiger partial charge in [-0.15, -0.1) is 0 Å². The first-order valence-electron chi connectivity index (χ1n) is 13.6. The zero-order chi connectivity index (χ0) is 32.1. The quantitative estimate of drug-likeness (QED) is 0.210. The number of fused-ring (bicyclic) bond motifs is 1. The Bertz CT molecular complexity index is 1500. The summed E-state index contributed by atoms with van der Waals surface area (Å²) in [5.41, 5.74) is 6.11. The van der Waals surface area contributed by atoms with Crippen LogP contribution in [0.15, 0.2) is 35.3 Å². The van der Waals surface area contributed by atoms with Crippen LogP contribution in [0.5, 0.6) is 0 Å². The van der Waals surface area contributed by atoms with Gasteiger partial charge in [-0.2, -0.15) is 0 Å². The van der Waals surface area contributed by atoms with Gasteiger partial charge in [0.2, 0.25) is 11.8 Å². The third kappa shape index (κ3) is 10.6. The summed E-state index contributed by atoms with van der Waals surface area (Å²) in [6.45, 7) is 4.29. The van der Waals surface area contributed by atoms with Crippen molar-refractivity contribution in [1.82, 2.24) is 24.4 Å². The second-order valence-corrected chi connectivity index (χ2v) is 10.2. The largest absolute Gasteiger partial charge is 0.453 e. The molecule has 0 aliphatic carbocycles. The fourth-order valence-corrected chi connectivity index (χ4v) is 3.92. The van der Waals surface area contributed by atoms with Crippen LogP contribution in [0.25, 0.3) is 11.0 Å². The van der Waals surface area contributed by atoms with E-state index >= 15 is 0 Å². The Hall–Kier alpha value is -4.59. The number of aromatic amines is 1. The number of likely N-dealkylation sites (N-methyl/N-ethyl adjacent to an activating group) is 1. The molecule has 0 radical (unpaired) electrons. The number of anilines is 1. The van der Waals surface area contributed by atoms with Gasteiger partial charge < -0.3 is 35.0 Å². The number of unbranched alkanes of at least 4 members (excludes halogenated alkanes) is 1. The van der Waals surface area contributed by atoms with E-state index < -0.39 is 17.5 Å². The number of methoxy groups -OCH3 is 2. The number of primary amides is 1. The minimum atomic E-state index is -0.745. The first-order valence-corrected chi connectivity index (χ1v) is 13.6. The zero-order valence-electron chi connectivity index (χ0n) is 25.4. The molecule has 3 amide bonds. The maximum absolute atomic E-state index is 14.5. The molecule has 4 N–H and O–H groups in total. The molecule has 0 saturated heterocycles. The van der Waals surface area contributed by atoms with Crippen molar-refractivity contribution in [2.75, 3.05) is 33.6 Å². The van der Waals surface area contributed by atoms with Gasteiger partial charge in [0, 0.05) is 33.3 Å². The predicted octanol–water partition coefficient (Wildman–Crippen LogP) is 3.12. The Labute approximate surface area is 249 Å². The molecule has 0 spiro atoms. The summed E-state index contributed by atoms with van der Waals surface area (Å²) >= 11 is 0. The van der Waals surface area contributed by atoms with Crippen LogP contribution in [0.2, 0.25) is 0 Å². The van der Waals surface area contributed by atoms with E-state index in [0.29, 0.717) is 47.9 Å². The summed E-state index contributed by atoms with van der Waals surface area (Å²) in [7, 11) is 6.07. The van der Waals surface area contributed by atoms with Gasteiger partial charge in [0.1, 0.15) is 17.0 Å². The molecular weight excluding hydrogens is 561 g/mol. The van der Waals surface area contributed by atoms with Crippen molar-refractivity contribution in [1.29, 1.82) is 0 Å². The van der Waals surface area contributed by atoms with Crippen LogP contribution in [0.4, 0.5) is 14.9 Å². The van der Waals surface area contributed by atoms with Gasteiger partial charge in [-0.25, -0.2) is 14.2 Å². The van der Waals surface area contributed by atoms with Crippen molar-refractivity contribution < 1.29 is 28.2 Å². The molecule has 3 heterocycles. The number of amides is 3. The lowest BCUT2D eigenvalue weighted by molar-refractivity contribution is -0.123. The number of H-pyrrole nitrogens is 1. The maximum Gasteiger partial charge on any atom is 0.404 e. The van der Waals surface area contributed by atoms with Crippen LogP contribution < -0.4 is 16.6 Å². The number of pyridine rings is 2. The molecule has 234 valence electrons. The molecule has 3 aromatic heterocycles. The molecule has 0 fully saturated rings. The highest BCUT2D eigenvalue weighted by atomic mass is 19.1. The van der Waals surface area contributed by atoms with E-state index in [9.17, 15) is 23.6 Å². The highest BCUT2D eigenvalue weighted by Gasteiger charge is 2.17. The number of aromatic nitrogens is 4. The summed E-state index contributed by atoms with van der Waals surface area (Å²) in [6.07, 6.45) is 5.53. The van der Waals surface area contributed by atoms with Crippen molar-refractivity contribution in [2.24, 2.45) is 11.7 Å². The highest BCUT2D eigenvalue weighted by Crippen LogP contribution is 2.21. The number of nitrogens with one attached hydrogen (secondary N) is 2. The van der Waals surface area contributed by atoms with Crippen LogP contribution in [0.3, 0.4) is 0 Å². The molecule has 43 heavy (non-hydrogen) atoms. The van der Waals surface area contributed by atoms with Crippen LogP contribution in [0.1, 0.15) is 50.3 Å². The van der Waals surface area contributed by atoms with Gasteiger partial charge in [-0.05, 0) is 43.4 Å². The number of halogens is 1. The van der Waals surface area contributed by atoms with E-state index in [2.05, 4.69) is 30.7 Å².